The van der Waals surface area contributed by atoms with Crippen molar-refractivity contribution in [3.8, 4) is 5.69 Å². The third-order valence-electron chi connectivity index (χ3n) is 4.67. The summed E-state index contributed by atoms with van der Waals surface area (Å²) in [5.41, 5.74) is 0.267. The molecule has 1 fully saturated rings. The van der Waals surface area contributed by atoms with Crippen LogP contribution in [-0.4, -0.2) is 57.6 Å². The van der Waals surface area contributed by atoms with Gasteiger partial charge in [-0.3, -0.25) is 9.59 Å². The van der Waals surface area contributed by atoms with Gasteiger partial charge in [-0.1, -0.05) is 6.07 Å². The predicted octanol–water partition coefficient (Wildman–Crippen LogP) is 2.50. The molecule has 0 atom stereocenters. The summed E-state index contributed by atoms with van der Waals surface area (Å²) in [7, 11) is 0. The Morgan fingerprint density at radius 1 is 1.07 bits per heavy atom. The van der Waals surface area contributed by atoms with Crippen molar-refractivity contribution in [1.29, 1.82) is 0 Å². The van der Waals surface area contributed by atoms with E-state index in [1.54, 1.807) is 16.7 Å². The minimum atomic E-state index is -4.45. The first kappa shape index (κ1) is 18.9. The third kappa shape index (κ3) is 3.81. The first-order chi connectivity index (χ1) is 12.7. The van der Waals surface area contributed by atoms with E-state index in [0.717, 1.165) is 12.1 Å². The maximum absolute atomic E-state index is 12.9. The fourth-order valence-corrected chi connectivity index (χ4v) is 3.09. The van der Waals surface area contributed by atoms with Gasteiger partial charge in [-0.15, -0.1) is 0 Å². The summed E-state index contributed by atoms with van der Waals surface area (Å²) in [4.78, 5) is 27.4. The van der Waals surface area contributed by atoms with Crippen molar-refractivity contribution in [1.82, 2.24) is 19.6 Å². The zero-order valence-corrected chi connectivity index (χ0v) is 15.0. The minimum Gasteiger partial charge on any atom is -0.339 e. The molecular formula is C18H19F3N4O2. The Hall–Kier alpha value is -2.84. The van der Waals surface area contributed by atoms with Crippen LogP contribution < -0.4 is 0 Å². The minimum absolute atomic E-state index is 0.0318. The van der Waals surface area contributed by atoms with Gasteiger partial charge in [-0.05, 0) is 25.1 Å². The summed E-state index contributed by atoms with van der Waals surface area (Å²) in [5.74, 6) is -0.274. The molecule has 2 amide bonds. The maximum Gasteiger partial charge on any atom is 0.416 e. The van der Waals surface area contributed by atoms with Gasteiger partial charge in [-0.25, -0.2) is 4.68 Å². The Kier molecular flexibility index (Phi) is 4.95. The lowest BCUT2D eigenvalue weighted by molar-refractivity contribution is -0.137. The molecule has 1 aromatic carbocycles. The first-order valence-corrected chi connectivity index (χ1v) is 8.45. The van der Waals surface area contributed by atoms with Gasteiger partial charge in [0, 0.05) is 33.1 Å². The van der Waals surface area contributed by atoms with Crippen LogP contribution in [-0.2, 0) is 11.0 Å². The van der Waals surface area contributed by atoms with E-state index < -0.39 is 11.7 Å². The largest absolute Gasteiger partial charge is 0.416 e. The number of carbonyl (C=O) groups is 2. The fraction of sp³-hybridized carbons (Fsp3) is 0.389. The molecule has 2 heterocycles. The molecule has 0 bridgehead atoms. The molecule has 144 valence electrons. The van der Waals surface area contributed by atoms with Gasteiger partial charge in [0.1, 0.15) is 0 Å². The van der Waals surface area contributed by atoms with E-state index in [9.17, 15) is 22.8 Å². The monoisotopic (exact) mass is 380 g/mol. The van der Waals surface area contributed by atoms with Crippen molar-refractivity contribution in [2.75, 3.05) is 26.2 Å². The van der Waals surface area contributed by atoms with Crippen molar-refractivity contribution in [2.45, 2.75) is 20.0 Å². The van der Waals surface area contributed by atoms with E-state index in [2.05, 4.69) is 5.10 Å². The van der Waals surface area contributed by atoms with E-state index in [-0.39, 0.29) is 17.5 Å². The number of aromatic nitrogens is 2. The third-order valence-corrected chi connectivity index (χ3v) is 4.67. The molecule has 0 unspecified atom stereocenters. The standard InChI is InChI=1S/C18H19F3N4O2/c1-12-16(17(27)24-8-6-23(7-9-24)13(2)26)11-22-25(12)15-5-3-4-14(10-15)18(19,20)21/h3-5,10-11H,6-9H2,1-2H3. The Labute approximate surface area is 154 Å². The van der Waals surface area contributed by atoms with E-state index in [1.807, 2.05) is 0 Å². The number of amides is 2. The lowest BCUT2D eigenvalue weighted by Crippen LogP contribution is -2.50. The number of rotatable bonds is 2. The van der Waals surface area contributed by atoms with E-state index >= 15 is 0 Å². The number of halogens is 3. The molecule has 1 aliphatic rings. The van der Waals surface area contributed by atoms with Crippen molar-refractivity contribution >= 4 is 11.8 Å². The number of benzene rings is 1. The molecule has 0 saturated carbocycles. The van der Waals surface area contributed by atoms with Gasteiger partial charge in [0.05, 0.1) is 28.7 Å². The second kappa shape index (κ2) is 7.05. The average Bonchev–Trinajstić information content (AvgIpc) is 3.02. The summed E-state index contributed by atoms with van der Waals surface area (Å²) in [5, 5.41) is 4.11. The lowest BCUT2D eigenvalue weighted by atomic mass is 10.1. The van der Waals surface area contributed by atoms with Gasteiger partial charge in [0.15, 0.2) is 0 Å². The van der Waals surface area contributed by atoms with Crippen LogP contribution in [0.1, 0.15) is 28.5 Å². The Balaban J connectivity index is 1.82. The summed E-state index contributed by atoms with van der Waals surface area (Å²) in [6.45, 7) is 4.87. The molecule has 1 aliphatic heterocycles. The van der Waals surface area contributed by atoms with Crippen molar-refractivity contribution in [3.63, 3.8) is 0 Å². The highest BCUT2D eigenvalue weighted by atomic mass is 19.4. The van der Waals surface area contributed by atoms with Gasteiger partial charge < -0.3 is 9.80 Å². The molecule has 0 spiro atoms. The number of hydrogen-bond donors (Lipinski definition) is 0. The predicted molar refractivity (Wildman–Crippen MR) is 91.5 cm³/mol. The zero-order chi connectivity index (χ0) is 19.8. The molecule has 27 heavy (non-hydrogen) atoms. The smallest absolute Gasteiger partial charge is 0.339 e. The quantitative estimate of drug-likeness (QED) is 0.805. The fourth-order valence-electron chi connectivity index (χ4n) is 3.09. The van der Waals surface area contributed by atoms with Crippen molar-refractivity contribution < 1.29 is 22.8 Å². The van der Waals surface area contributed by atoms with Gasteiger partial charge in [0.25, 0.3) is 5.91 Å². The van der Waals surface area contributed by atoms with Gasteiger partial charge in [0.2, 0.25) is 5.91 Å². The van der Waals surface area contributed by atoms with E-state index in [1.165, 1.54) is 29.9 Å². The van der Waals surface area contributed by atoms with Gasteiger partial charge >= 0.3 is 6.18 Å². The molecule has 3 rings (SSSR count). The van der Waals surface area contributed by atoms with Crippen LogP contribution >= 0.6 is 0 Å². The molecule has 0 N–H and O–H groups in total. The Morgan fingerprint density at radius 3 is 2.30 bits per heavy atom. The van der Waals surface area contributed by atoms with Crippen LogP contribution in [0.5, 0.6) is 0 Å². The molecular weight excluding hydrogens is 361 g/mol. The number of nitrogens with zero attached hydrogens (tertiary/aromatic N) is 4. The normalized spacial score (nSPS) is 15.1. The van der Waals surface area contributed by atoms with Crippen LogP contribution in [0.4, 0.5) is 13.2 Å². The SMILES string of the molecule is CC(=O)N1CCN(C(=O)c2cnn(-c3cccc(C(F)(F)F)c3)c2C)CC1. The molecule has 1 aromatic heterocycles. The summed E-state index contributed by atoms with van der Waals surface area (Å²) in [6.07, 6.45) is -3.08. The lowest BCUT2D eigenvalue weighted by Gasteiger charge is -2.34. The maximum atomic E-state index is 12.9. The second-order valence-electron chi connectivity index (χ2n) is 6.40. The molecule has 0 radical (unpaired) electrons. The average molecular weight is 380 g/mol. The number of alkyl halides is 3. The van der Waals surface area contributed by atoms with E-state index in [0.29, 0.717) is 37.4 Å². The number of hydrogen-bond acceptors (Lipinski definition) is 3. The Bertz CT molecular complexity index is 868. The topological polar surface area (TPSA) is 58.4 Å². The van der Waals surface area contributed by atoms with Crippen LogP contribution in [0.15, 0.2) is 30.5 Å². The van der Waals surface area contributed by atoms with Crippen LogP contribution in [0.2, 0.25) is 0 Å². The molecule has 6 nitrogen and oxygen atoms in total. The van der Waals surface area contributed by atoms with E-state index in [4.69, 9.17) is 0 Å². The summed E-state index contributed by atoms with van der Waals surface area (Å²) >= 11 is 0. The molecule has 0 aliphatic carbocycles. The second-order valence-corrected chi connectivity index (χ2v) is 6.40. The van der Waals surface area contributed by atoms with Crippen molar-refractivity contribution in [3.05, 3.63) is 47.3 Å². The highest BCUT2D eigenvalue weighted by molar-refractivity contribution is 5.95. The van der Waals surface area contributed by atoms with Crippen LogP contribution in [0.25, 0.3) is 5.69 Å². The number of piperazine rings is 1. The summed E-state index contributed by atoms with van der Waals surface area (Å²) < 4.78 is 40.1. The van der Waals surface area contributed by atoms with Crippen LogP contribution in [0, 0.1) is 6.92 Å². The Morgan fingerprint density at radius 2 is 1.70 bits per heavy atom. The highest BCUT2D eigenvalue weighted by Crippen LogP contribution is 2.30. The van der Waals surface area contributed by atoms with Gasteiger partial charge in [-0.2, -0.15) is 18.3 Å². The molecule has 1 saturated heterocycles. The van der Waals surface area contributed by atoms with Crippen molar-refractivity contribution in [2.24, 2.45) is 0 Å². The number of carbonyl (C=O) groups excluding carboxylic acids is 2. The summed E-state index contributed by atoms with van der Waals surface area (Å²) in [6, 6.07) is 4.81. The molecule has 9 heteroatoms. The van der Waals surface area contributed by atoms with Crippen LogP contribution in [0.3, 0.4) is 0 Å². The highest BCUT2D eigenvalue weighted by Gasteiger charge is 2.31. The molecule has 2 aromatic rings. The zero-order valence-electron chi connectivity index (χ0n) is 15.0. The first-order valence-electron chi connectivity index (χ1n) is 8.45.